The van der Waals surface area contributed by atoms with Gasteiger partial charge in [0.2, 0.25) is 5.91 Å². The molecule has 15 heavy (non-hydrogen) atoms. The molecular formula is C11H17N3O. The maximum atomic E-state index is 11.1. The Hall–Kier alpha value is -1.45. The Kier molecular flexibility index (Phi) is 2.94. The molecule has 2 rings (SSSR count). The maximum absolute atomic E-state index is 11.1. The molecule has 1 aromatic rings. The Labute approximate surface area is 89.8 Å². The molecule has 1 fully saturated rings. The standard InChI is InChI=1S/C11H17N3O/c1-10(15)13-8-4-11(5-9-13)12-14-6-2-3-7-14/h2-3,6-7,11-12H,4-5,8-9H2,1H3. The van der Waals surface area contributed by atoms with Crippen LogP contribution in [-0.4, -0.2) is 34.6 Å². The molecule has 0 bridgehead atoms. The summed E-state index contributed by atoms with van der Waals surface area (Å²) in [6.07, 6.45) is 6.05. The van der Waals surface area contributed by atoms with Crippen molar-refractivity contribution >= 4 is 5.91 Å². The van der Waals surface area contributed by atoms with E-state index >= 15 is 0 Å². The summed E-state index contributed by atoms with van der Waals surface area (Å²) in [6.45, 7) is 3.38. The molecule has 2 heterocycles. The largest absolute Gasteiger partial charge is 0.343 e. The molecule has 0 aromatic carbocycles. The fourth-order valence-electron chi connectivity index (χ4n) is 1.95. The van der Waals surface area contributed by atoms with Crippen LogP contribution in [0.1, 0.15) is 19.8 Å². The Morgan fingerprint density at radius 1 is 1.27 bits per heavy atom. The van der Waals surface area contributed by atoms with Crippen molar-refractivity contribution in [2.24, 2.45) is 0 Å². The summed E-state index contributed by atoms with van der Waals surface area (Å²) in [4.78, 5) is 13.0. The Bertz CT molecular complexity index is 313. The zero-order valence-corrected chi connectivity index (χ0v) is 9.02. The van der Waals surface area contributed by atoms with E-state index < -0.39 is 0 Å². The third-order valence-corrected chi connectivity index (χ3v) is 2.88. The van der Waals surface area contributed by atoms with Crippen molar-refractivity contribution < 1.29 is 4.79 Å². The Morgan fingerprint density at radius 3 is 2.40 bits per heavy atom. The van der Waals surface area contributed by atoms with Gasteiger partial charge in [0.1, 0.15) is 0 Å². The lowest BCUT2D eigenvalue weighted by Crippen LogP contribution is -2.43. The van der Waals surface area contributed by atoms with Gasteiger partial charge in [-0.05, 0) is 25.0 Å². The van der Waals surface area contributed by atoms with Gasteiger partial charge >= 0.3 is 0 Å². The van der Waals surface area contributed by atoms with Gasteiger partial charge in [0.15, 0.2) is 0 Å². The minimum Gasteiger partial charge on any atom is -0.343 e. The molecule has 1 aliphatic rings. The highest BCUT2D eigenvalue weighted by Crippen LogP contribution is 2.11. The van der Waals surface area contributed by atoms with Crippen LogP contribution in [0.25, 0.3) is 0 Å². The number of likely N-dealkylation sites (tertiary alicyclic amines) is 1. The average Bonchev–Trinajstić information content (AvgIpc) is 2.71. The van der Waals surface area contributed by atoms with Gasteiger partial charge < -0.3 is 10.3 Å². The topological polar surface area (TPSA) is 37.3 Å². The quantitative estimate of drug-likeness (QED) is 0.787. The number of piperidine rings is 1. The Morgan fingerprint density at radius 2 is 1.87 bits per heavy atom. The molecule has 4 heteroatoms. The number of nitrogens with one attached hydrogen (secondary N) is 1. The normalized spacial score (nSPS) is 17.8. The molecule has 0 spiro atoms. The molecule has 4 nitrogen and oxygen atoms in total. The van der Waals surface area contributed by atoms with Gasteiger partial charge in [-0.1, -0.05) is 0 Å². The molecule has 1 aromatic heterocycles. The molecule has 0 saturated carbocycles. The first kappa shape index (κ1) is 10.1. The molecule has 1 saturated heterocycles. The van der Waals surface area contributed by atoms with E-state index in [9.17, 15) is 4.79 Å². The van der Waals surface area contributed by atoms with Gasteiger partial charge in [0.05, 0.1) is 0 Å². The third-order valence-electron chi connectivity index (χ3n) is 2.88. The number of carbonyl (C=O) groups is 1. The molecule has 82 valence electrons. The highest BCUT2D eigenvalue weighted by atomic mass is 16.2. The van der Waals surface area contributed by atoms with Crippen molar-refractivity contribution in [3.05, 3.63) is 24.5 Å². The van der Waals surface area contributed by atoms with Crippen LogP contribution in [-0.2, 0) is 4.79 Å². The van der Waals surface area contributed by atoms with E-state index in [-0.39, 0.29) is 5.91 Å². The highest BCUT2D eigenvalue weighted by molar-refractivity contribution is 5.73. The molecule has 1 aliphatic heterocycles. The molecular weight excluding hydrogens is 190 g/mol. The molecule has 1 amide bonds. The fraction of sp³-hybridized carbons (Fsp3) is 0.545. The van der Waals surface area contributed by atoms with E-state index in [0.717, 1.165) is 25.9 Å². The van der Waals surface area contributed by atoms with Gasteiger partial charge in [-0.3, -0.25) is 9.47 Å². The molecule has 0 radical (unpaired) electrons. The zero-order valence-electron chi connectivity index (χ0n) is 9.02. The number of amides is 1. The zero-order chi connectivity index (χ0) is 10.7. The van der Waals surface area contributed by atoms with Gasteiger partial charge in [-0.2, -0.15) is 0 Å². The first-order chi connectivity index (χ1) is 7.25. The van der Waals surface area contributed by atoms with E-state index in [1.165, 1.54) is 0 Å². The molecule has 0 atom stereocenters. The molecule has 0 unspecified atom stereocenters. The van der Waals surface area contributed by atoms with Crippen LogP contribution in [0.5, 0.6) is 0 Å². The van der Waals surface area contributed by atoms with E-state index in [0.29, 0.717) is 6.04 Å². The number of aromatic nitrogens is 1. The summed E-state index contributed by atoms with van der Waals surface area (Å²) in [5, 5.41) is 0. The minimum atomic E-state index is 0.189. The third kappa shape index (κ3) is 2.52. The predicted octanol–water partition coefficient (Wildman–Crippen LogP) is 1.04. The van der Waals surface area contributed by atoms with Crippen molar-refractivity contribution in [1.29, 1.82) is 0 Å². The summed E-state index contributed by atoms with van der Waals surface area (Å²) >= 11 is 0. The van der Waals surface area contributed by atoms with Crippen LogP contribution in [0.4, 0.5) is 0 Å². The van der Waals surface area contributed by atoms with Crippen LogP contribution < -0.4 is 5.43 Å². The number of hydrogen-bond donors (Lipinski definition) is 1. The van der Waals surface area contributed by atoms with Gasteiger partial charge in [-0.15, -0.1) is 0 Å². The van der Waals surface area contributed by atoms with E-state index in [2.05, 4.69) is 5.43 Å². The van der Waals surface area contributed by atoms with Crippen molar-refractivity contribution in [3.8, 4) is 0 Å². The summed E-state index contributed by atoms with van der Waals surface area (Å²) in [6, 6.07) is 4.48. The van der Waals surface area contributed by atoms with Crippen molar-refractivity contribution in [2.75, 3.05) is 18.5 Å². The average molecular weight is 207 g/mol. The Balaban J connectivity index is 1.81. The summed E-state index contributed by atoms with van der Waals surface area (Å²) in [7, 11) is 0. The van der Waals surface area contributed by atoms with Crippen LogP contribution in [0.2, 0.25) is 0 Å². The summed E-state index contributed by atoms with van der Waals surface area (Å²) in [5.74, 6) is 0.189. The van der Waals surface area contributed by atoms with Crippen LogP contribution in [0.3, 0.4) is 0 Å². The second-order valence-corrected chi connectivity index (χ2v) is 4.00. The summed E-state index contributed by atoms with van der Waals surface area (Å²) < 4.78 is 1.98. The highest BCUT2D eigenvalue weighted by Gasteiger charge is 2.20. The SMILES string of the molecule is CC(=O)N1CCC(Nn2cccc2)CC1. The lowest BCUT2D eigenvalue weighted by atomic mass is 10.1. The fourth-order valence-corrected chi connectivity index (χ4v) is 1.95. The predicted molar refractivity (Wildman–Crippen MR) is 59.1 cm³/mol. The van der Waals surface area contributed by atoms with Gasteiger partial charge in [0, 0.05) is 38.4 Å². The monoisotopic (exact) mass is 207 g/mol. The minimum absolute atomic E-state index is 0.189. The van der Waals surface area contributed by atoms with Crippen LogP contribution in [0, 0.1) is 0 Å². The second kappa shape index (κ2) is 4.38. The first-order valence-electron chi connectivity index (χ1n) is 5.41. The van der Waals surface area contributed by atoms with E-state index in [1.54, 1.807) is 6.92 Å². The van der Waals surface area contributed by atoms with E-state index in [1.807, 2.05) is 34.1 Å². The lowest BCUT2D eigenvalue weighted by molar-refractivity contribution is -0.129. The number of nitrogens with zero attached hydrogens (tertiary/aromatic N) is 2. The smallest absolute Gasteiger partial charge is 0.219 e. The maximum Gasteiger partial charge on any atom is 0.219 e. The first-order valence-corrected chi connectivity index (χ1v) is 5.41. The molecule has 0 aliphatic carbocycles. The van der Waals surface area contributed by atoms with Crippen LogP contribution in [0.15, 0.2) is 24.5 Å². The molecule has 1 N–H and O–H groups in total. The van der Waals surface area contributed by atoms with Gasteiger partial charge in [0.25, 0.3) is 0 Å². The number of rotatable bonds is 2. The van der Waals surface area contributed by atoms with Gasteiger partial charge in [-0.25, -0.2) is 0 Å². The van der Waals surface area contributed by atoms with Crippen LogP contribution >= 0.6 is 0 Å². The number of hydrogen-bond acceptors (Lipinski definition) is 2. The van der Waals surface area contributed by atoms with Crippen molar-refractivity contribution in [2.45, 2.75) is 25.8 Å². The van der Waals surface area contributed by atoms with E-state index in [4.69, 9.17) is 0 Å². The number of carbonyl (C=O) groups excluding carboxylic acids is 1. The second-order valence-electron chi connectivity index (χ2n) is 4.00. The lowest BCUT2D eigenvalue weighted by Gasteiger charge is -2.32. The summed E-state index contributed by atoms with van der Waals surface area (Å²) in [5.41, 5.74) is 3.40. The van der Waals surface area contributed by atoms with Crippen molar-refractivity contribution in [1.82, 2.24) is 9.58 Å². The van der Waals surface area contributed by atoms with Crippen molar-refractivity contribution in [3.63, 3.8) is 0 Å².